The Labute approximate surface area is 203 Å². The summed E-state index contributed by atoms with van der Waals surface area (Å²) in [6, 6.07) is 16.1. The third kappa shape index (κ3) is 8.94. The lowest BCUT2D eigenvalue weighted by atomic mass is 9.99. The van der Waals surface area contributed by atoms with Crippen LogP contribution in [0.4, 0.5) is 0 Å². The van der Waals surface area contributed by atoms with Gasteiger partial charge in [0, 0.05) is 23.0 Å². The molecule has 5 heteroatoms. The van der Waals surface area contributed by atoms with Crippen LogP contribution in [0.25, 0.3) is 11.5 Å². The summed E-state index contributed by atoms with van der Waals surface area (Å²) < 4.78 is 5.50. The van der Waals surface area contributed by atoms with Gasteiger partial charge in [-0.2, -0.15) is 4.98 Å². The molecule has 4 nitrogen and oxygen atoms in total. The van der Waals surface area contributed by atoms with Crippen LogP contribution in [0.1, 0.15) is 94.1 Å². The third-order valence-electron chi connectivity index (χ3n) is 6.19. The van der Waals surface area contributed by atoms with Gasteiger partial charge in [-0.25, -0.2) is 0 Å². The Morgan fingerprint density at radius 3 is 2.27 bits per heavy atom. The summed E-state index contributed by atoms with van der Waals surface area (Å²) in [6.07, 6.45) is 14.5. The average molecular weight is 468 g/mol. The minimum atomic E-state index is -0.0251. The molecular weight excluding hydrogens is 430 g/mol. The molecule has 0 saturated carbocycles. The Bertz CT molecular complexity index is 938. The maximum Gasteiger partial charge on any atom is 0.257 e. The van der Waals surface area contributed by atoms with Crippen molar-refractivity contribution in [3.05, 3.63) is 70.5 Å². The molecule has 3 rings (SSSR count). The summed E-state index contributed by atoms with van der Waals surface area (Å²) in [7, 11) is 0. The van der Waals surface area contributed by atoms with Gasteiger partial charge in [0.1, 0.15) is 0 Å². The monoisotopic (exact) mass is 467 g/mol. The zero-order chi connectivity index (χ0) is 23.3. The Morgan fingerprint density at radius 2 is 1.58 bits per heavy atom. The van der Waals surface area contributed by atoms with Gasteiger partial charge in [-0.15, -0.1) is 0 Å². The number of unbranched alkanes of at least 4 members (excludes halogenated alkanes) is 8. The van der Waals surface area contributed by atoms with Gasteiger partial charge in [0.2, 0.25) is 0 Å². The Balaban J connectivity index is 1.39. The van der Waals surface area contributed by atoms with E-state index in [1.54, 1.807) is 0 Å². The summed E-state index contributed by atoms with van der Waals surface area (Å²) in [6.45, 7) is 2.26. The maximum absolute atomic E-state index is 6.41. The molecule has 0 spiro atoms. The second-order valence-corrected chi connectivity index (χ2v) is 9.43. The van der Waals surface area contributed by atoms with Gasteiger partial charge in [-0.05, 0) is 54.7 Å². The molecule has 0 bridgehead atoms. The van der Waals surface area contributed by atoms with Crippen LogP contribution in [-0.4, -0.2) is 10.1 Å². The molecule has 1 aromatic heterocycles. The summed E-state index contributed by atoms with van der Waals surface area (Å²) in [5, 5.41) is 4.93. The molecule has 0 aliphatic rings. The van der Waals surface area contributed by atoms with Crippen molar-refractivity contribution in [2.45, 2.75) is 90.0 Å². The smallest absolute Gasteiger partial charge is 0.257 e. The summed E-state index contributed by atoms with van der Waals surface area (Å²) in [5.41, 5.74) is 9.66. The SMILES string of the molecule is CCCCCCCCCCCc1noc(-c2ccc(C(N)CCc3cccc(Cl)c3)cc2)n1. The highest BCUT2D eigenvalue weighted by Crippen LogP contribution is 2.23. The average Bonchev–Trinajstić information content (AvgIpc) is 3.30. The molecule has 1 heterocycles. The molecular formula is C28H38ClN3O. The predicted octanol–water partition coefficient (Wildman–Crippen LogP) is 8.10. The fourth-order valence-corrected chi connectivity index (χ4v) is 4.33. The Kier molecular flexibility index (Phi) is 10.9. The summed E-state index contributed by atoms with van der Waals surface area (Å²) in [4.78, 5) is 4.59. The summed E-state index contributed by atoms with van der Waals surface area (Å²) >= 11 is 6.07. The van der Waals surface area contributed by atoms with Gasteiger partial charge in [0.25, 0.3) is 5.89 Å². The number of nitrogens with zero attached hydrogens (tertiary/aromatic N) is 2. The number of nitrogens with two attached hydrogens (primary N) is 1. The highest BCUT2D eigenvalue weighted by molar-refractivity contribution is 6.30. The number of benzene rings is 2. The van der Waals surface area contributed by atoms with Crippen LogP contribution in [0.3, 0.4) is 0 Å². The lowest BCUT2D eigenvalue weighted by Gasteiger charge is -2.12. The number of aromatic nitrogens is 2. The van der Waals surface area contributed by atoms with Gasteiger partial charge in [0.05, 0.1) is 0 Å². The lowest BCUT2D eigenvalue weighted by Crippen LogP contribution is -2.11. The van der Waals surface area contributed by atoms with Crippen molar-refractivity contribution in [3.8, 4) is 11.5 Å². The Morgan fingerprint density at radius 1 is 0.879 bits per heavy atom. The number of hydrogen-bond acceptors (Lipinski definition) is 4. The summed E-state index contributed by atoms with van der Waals surface area (Å²) in [5.74, 6) is 1.38. The quantitative estimate of drug-likeness (QED) is 0.229. The first kappa shape index (κ1) is 25.5. The largest absolute Gasteiger partial charge is 0.334 e. The zero-order valence-electron chi connectivity index (χ0n) is 19.9. The van der Waals surface area contributed by atoms with Crippen LogP contribution in [0, 0.1) is 0 Å². The van der Waals surface area contributed by atoms with Gasteiger partial charge in [0.15, 0.2) is 5.82 Å². The molecule has 0 fully saturated rings. The molecule has 0 saturated heterocycles. The van der Waals surface area contributed by atoms with Crippen molar-refractivity contribution < 1.29 is 4.52 Å². The molecule has 0 radical (unpaired) electrons. The number of halogens is 1. The van der Waals surface area contributed by atoms with E-state index in [-0.39, 0.29) is 6.04 Å². The second kappa shape index (κ2) is 14.2. The van der Waals surface area contributed by atoms with Gasteiger partial charge >= 0.3 is 0 Å². The Hall–Kier alpha value is -2.17. The zero-order valence-corrected chi connectivity index (χ0v) is 20.7. The van der Waals surface area contributed by atoms with Crippen LogP contribution in [0.15, 0.2) is 53.1 Å². The fourth-order valence-electron chi connectivity index (χ4n) is 4.12. The fraction of sp³-hybridized carbons (Fsp3) is 0.500. The number of hydrogen-bond donors (Lipinski definition) is 1. The predicted molar refractivity (Wildman–Crippen MR) is 137 cm³/mol. The van der Waals surface area contributed by atoms with E-state index in [0.717, 1.165) is 47.7 Å². The minimum absolute atomic E-state index is 0.0251. The third-order valence-corrected chi connectivity index (χ3v) is 6.43. The second-order valence-electron chi connectivity index (χ2n) is 8.99. The molecule has 1 atom stereocenters. The molecule has 33 heavy (non-hydrogen) atoms. The highest BCUT2D eigenvalue weighted by atomic mass is 35.5. The van der Waals surface area contributed by atoms with Crippen LogP contribution in [0.5, 0.6) is 0 Å². The first-order valence-corrected chi connectivity index (χ1v) is 13.0. The lowest BCUT2D eigenvalue weighted by molar-refractivity contribution is 0.421. The number of rotatable bonds is 15. The van der Waals surface area contributed by atoms with Crippen LogP contribution >= 0.6 is 11.6 Å². The van der Waals surface area contributed by atoms with E-state index in [0.29, 0.717) is 5.89 Å². The van der Waals surface area contributed by atoms with E-state index in [2.05, 4.69) is 35.3 Å². The van der Waals surface area contributed by atoms with Crippen LogP contribution < -0.4 is 5.73 Å². The van der Waals surface area contributed by atoms with Crippen molar-refractivity contribution in [1.29, 1.82) is 0 Å². The van der Waals surface area contributed by atoms with Gasteiger partial charge in [-0.1, -0.05) is 99.3 Å². The van der Waals surface area contributed by atoms with Crippen molar-refractivity contribution in [2.24, 2.45) is 5.73 Å². The normalized spacial score (nSPS) is 12.2. The van der Waals surface area contributed by atoms with Gasteiger partial charge < -0.3 is 10.3 Å². The first-order valence-electron chi connectivity index (χ1n) is 12.6. The van der Waals surface area contributed by atoms with Crippen molar-refractivity contribution in [1.82, 2.24) is 10.1 Å². The van der Waals surface area contributed by atoms with E-state index in [1.165, 1.54) is 56.9 Å². The minimum Gasteiger partial charge on any atom is -0.334 e. The molecule has 0 aliphatic carbocycles. The van der Waals surface area contributed by atoms with Crippen molar-refractivity contribution in [2.75, 3.05) is 0 Å². The first-order chi connectivity index (χ1) is 16.2. The molecule has 2 N–H and O–H groups in total. The van der Waals surface area contributed by atoms with Gasteiger partial charge in [-0.3, -0.25) is 0 Å². The molecule has 0 amide bonds. The molecule has 2 aromatic carbocycles. The van der Waals surface area contributed by atoms with E-state index < -0.39 is 0 Å². The highest BCUT2D eigenvalue weighted by Gasteiger charge is 2.11. The standard InChI is InChI=1S/C28H38ClN3O/c1-2-3-4-5-6-7-8-9-10-14-27-31-28(33-32-27)24-18-16-23(17-19-24)26(30)20-15-22-12-11-13-25(29)21-22/h11-13,16-19,21,26H,2-10,14-15,20,30H2,1H3. The maximum atomic E-state index is 6.41. The van der Waals surface area contributed by atoms with Crippen LogP contribution in [-0.2, 0) is 12.8 Å². The molecule has 178 valence electrons. The van der Waals surface area contributed by atoms with Crippen molar-refractivity contribution >= 4 is 11.6 Å². The van der Waals surface area contributed by atoms with E-state index in [1.807, 2.05) is 30.3 Å². The molecule has 0 aliphatic heterocycles. The van der Waals surface area contributed by atoms with Crippen molar-refractivity contribution in [3.63, 3.8) is 0 Å². The van der Waals surface area contributed by atoms with E-state index >= 15 is 0 Å². The topological polar surface area (TPSA) is 64.9 Å². The molecule has 1 unspecified atom stereocenters. The van der Waals surface area contributed by atoms with Crippen LogP contribution in [0.2, 0.25) is 5.02 Å². The number of aryl methyl sites for hydroxylation is 2. The van der Waals surface area contributed by atoms with E-state index in [4.69, 9.17) is 21.9 Å². The van der Waals surface area contributed by atoms with E-state index in [9.17, 15) is 0 Å². The molecule has 3 aromatic rings.